The second-order valence-corrected chi connectivity index (χ2v) is 7.62. The van der Waals surface area contributed by atoms with Gasteiger partial charge in [0, 0.05) is 36.2 Å². The van der Waals surface area contributed by atoms with Gasteiger partial charge in [0.2, 0.25) is 5.91 Å². The number of ether oxygens (including phenoxy) is 1. The second kappa shape index (κ2) is 4.25. The van der Waals surface area contributed by atoms with Crippen molar-refractivity contribution in [2.24, 2.45) is 11.3 Å². The lowest BCUT2D eigenvalue weighted by Crippen LogP contribution is -2.50. The first-order valence-corrected chi connectivity index (χ1v) is 8.50. The topological polar surface area (TPSA) is 41.6 Å². The maximum Gasteiger partial charge on any atom is 0.238 e. The van der Waals surface area contributed by atoms with E-state index in [2.05, 4.69) is 36.0 Å². The Balaban J connectivity index is 1.81. The van der Waals surface area contributed by atoms with Gasteiger partial charge in [0.15, 0.2) is 0 Å². The van der Waals surface area contributed by atoms with E-state index in [0.29, 0.717) is 6.04 Å². The van der Waals surface area contributed by atoms with Crippen LogP contribution >= 0.6 is 0 Å². The lowest BCUT2D eigenvalue weighted by atomic mass is 9.64. The molecular weight excluding hydrogens is 288 g/mol. The van der Waals surface area contributed by atoms with Crippen molar-refractivity contribution in [3.63, 3.8) is 0 Å². The molecule has 23 heavy (non-hydrogen) atoms. The van der Waals surface area contributed by atoms with Crippen LogP contribution in [0, 0.1) is 11.3 Å². The number of amides is 1. The first kappa shape index (κ1) is 13.8. The molecule has 4 aliphatic rings. The quantitative estimate of drug-likeness (QED) is 0.808. The number of carbonyl (C=O) groups excluding carboxylic acids is 1. The average Bonchev–Trinajstić information content (AvgIpc) is 3.04. The average molecular weight is 310 g/mol. The predicted molar refractivity (Wildman–Crippen MR) is 88.3 cm³/mol. The van der Waals surface area contributed by atoms with Gasteiger partial charge in [-0.3, -0.25) is 4.79 Å². The fraction of sp³-hybridized carbons (Fsp3) is 0.526. The summed E-state index contributed by atoms with van der Waals surface area (Å²) in [7, 11) is 2.18. The molecule has 5 rings (SSSR count). The van der Waals surface area contributed by atoms with Gasteiger partial charge >= 0.3 is 0 Å². The fourth-order valence-electron chi connectivity index (χ4n) is 6.09. The van der Waals surface area contributed by atoms with Crippen molar-refractivity contribution in [2.45, 2.75) is 30.4 Å². The molecule has 4 nitrogen and oxygen atoms in total. The van der Waals surface area contributed by atoms with E-state index in [-0.39, 0.29) is 23.3 Å². The Hall–Kier alpha value is -1.65. The minimum absolute atomic E-state index is 0.0285. The number of hydrogen-bond acceptors (Lipinski definition) is 3. The van der Waals surface area contributed by atoms with E-state index in [9.17, 15) is 4.79 Å². The zero-order valence-electron chi connectivity index (χ0n) is 13.4. The number of likely N-dealkylation sites (tertiary alicyclic amines) is 1. The molecule has 1 spiro atoms. The fourth-order valence-corrected chi connectivity index (χ4v) is 6.09. The highest BCUT2D eigenvalue weighted by molar-refractivity contribution is 6.07. The molecule has 1 amide bonds. The highest BCUT2D eigenvalue weighted by Crippen LogP contribution is 2.66. The first-order chi connectivity index (χ1) is 11.1. The monoisotopic (exact) mass is 310 g/mol. The zero-order valence-corrected chi connectivity index (χ0v) is 13.4. The van der Waals surface area contributed by atoms with Crippen molar-refractivity contribution in [1.82, 2.24) is 4.90 Å². The Labute approximate surface area is 136 Å². The predicted octanol–water partition coefficient (Wildman–Crippen LogP) is 2.17. The van der Waals surface area contributed by atoms with Crippen molar-refractivity contribution in [3.8, 4) is 0 Å². The van der Waals surface area contributed by atoms with Gasteiger partial charge in [0.1, 0.15) is 5.41 Å². The van der Waals surface area contributed by atoms with Crippen molar-refractivity contribution >= 4 is 11.6 Å². The third kappa shape index (κ3) is 1.38. The standard InChI is InChI=1S/C19H22N2O2/c1-3-18-10-15-19(12-6-4-5-7-13(12)20-17(19)22)16(18)14(8-9-23-15)21(2)11-18/h3-7,14-16H,1,8-11H2,2H3,(H,20,22). The SMILES string of the molecule is C=CC12CC3OCCC(C1C31C(=O)Nc3ccccc31)N(C)C2. The molecule has 0 radical (unpaired) electrons. The Morgan fingerprint density at radius 1 is 1.43 bits per heavy atom. The maximum absolute atomic E-state index is 13.3. The van der Waals surface area contributed by atoms with E-state index in [1.807, 2.05) is 18.2 Å². The van der Waals surface area contributed by atoms with E-state index in [4.69, 9.17) is 4.74 Å². The Morgan fingerprint density at radius 3 is 3.09 bits per heavy atom. The Kier molecular flexibility index (Phi) is 2.54. The van der Waals surface area contributed by atoms with Gasteiger partial charge in [0.05, 0.1) is 6.10 Å². The second-order valence-electron chi connectivity index (χ2n) is 7.62. The number of nitrogens with zero attached hydrogens (tertiary/aromatic N) is 1. The summed E-state index contributed by atoms with van der Waals surface area (Å²) in [6.45, 7) is 5.87. The molecule has 1 aromatic carbocycles. The number of para-hydroxylation sites is 1. The van der Waals surface area contributed by atoms with Crippen molar-refractivity contribution in [3.05, 3.63) is 42.5 Å². The summed E-state index contributed by atoms with van der Waals surface area (Å²) in [6, 6.07) is 8.53. The smallest absolute Gasteiger partial charge is 0.238 e. The van der Waals surface area contributed by atoms with Crippen LogP contribution in [0.3, 0.4) is 0 Å². The van der Waals surface area contributed by atoms with E-state index < -0.39 is 5.41 Å². The molecule has 4 heteroatoms. The van der Waals surface area contributed by atoms with Gasteiger partial charge in [-0.2, -0.15) is 0 Å². The van der Waals surface area contributed by atoms with Crippen LogP contribution in [0.5, 0.6) is 0 Å². The lowest BCUT2D eigenvalue weighted by molar-refractivity contribution is -0.126. The van der Waals surface area contributed by atoms with Crippen molar-refractivity contribution < 1.29 is 9.53 Å². The normalized spacial score (nSPS) is 44.2. The third-order valence-corrected chi connectivity index (χ3v) is 6.81. The molecule has 1 saturated carbocycles. The molecule has 120 valence electrons. The van der Waals surface area contributed by atoms with Gasteiger partial charge in [-0.15, -0.1) is 6.58 Å². The maximum atomic E-state index is 13.3. The largest absolute Gasteiger partial charge is 0.377 e. The van der Waals surface area contributed by atoms with E-state index in [1.54, 1.807) is 0 Å². The molecule has 0 aromatic heterocycles. The molecule has 5 atom stereocenters. The molecule has 3 heterocycles. The van der Waals surface area contributed by atoms with Crippen LogP contribution in [0.4, 0.5) is 5.69 Å². The summed E-state index contributed by atoms with van der Waals surface area (Å²) in [5.41, 5.74) is 1.50. The molecule has 2 saturated heterocycles. The molecule has 1 aromatic rings. The minimum atomic E-state index is -0.559. The minimum Gasteiger partial charge on any atom is -0.377 e. The highest BCUT2D eigenvalue weighted by Gasteiger charge is 2.73. The molecular formula is C19H22N2O2. The van der Waals surface area contributed by atoms with Gasteiger partial charge in [0.25, 0.3) is 0 Å². The Bertz CT molecular complexity index is 717. The van der Waals surface area contributed by atoms with E-state index >= 15 is 0 Å². The number of carbonyl (C=O) groups is 1. The van der Waals surface area contributed by atoms with E-state index in [0.717, 1.165) is 37.2 Å². The molecule has 1 aliphatic carbocycles. The van der Waals surface area contributed by atoms with Crippen LogP contribution < -0.4 is 5.32 Å². The van der Waals surface area contributed by atoms with Crippen LogP contribution in [0.15, 0.2) is 36.9 Å². The Morgan fingerprint density at radius 2 is 2.26 bits per heavy atom. The molecule has 3 aliphatic heterocycles. The van der Waals surface area contributed by atoms with Gasteiger partial charge in [-0.1, -0.05) is 24.3 Å². The van der Waals surface area contributed by atoms with Gasteiger partial charge in [-0.25, -0.2) is 0 Å². The lowest BCUT2D eigenvalue weighted by Gasteiger charge is -2.37. The number of hydrogen-bond donors (Lipinski definition) is 1. The summed E-state index contributed by atoms with van der Waals surface area (Å²) in [6.07, 6.45) is 3.94. The van der Waals surface area contributed by atoms with E-state index in [1.165, 1.54) is 0 Å². The van der Waals surface area contributed by atoms with Gasteiger partial charge < -0.3 is 15.0 Å². The van der Waals surface area contributed by atoms with Crippen LogP contribution in [0.25, 0.3) is 0 Å². The first-order valence-electron chi connectivity index (χ1n) is 8.50. The zero-order chi connectivity index (χ0) is 15.8. The number of anilines is 1. The summed E-state index contributed by atoms with van der Waals surface area (Å²) in [5, 5.41) is 3.14. The summed E-state index contributed by atoms with van der Waals surface area (Å²) in [5.74, 6) is 0.369. The number of fused-ring (bicyclic) bond motifs is 1. The van der Waals surface area contributed by atoms with Crippen LogP contribution in [-0.4, -0.2) is 43.2 Å². The summed E-state index contributed by atoms with van der Waals surface area (Å²) in [4.78, 5) is 15.7. The number of benzene rings is 1. The van der Waals surface area contributed by atoms with Crippen LogP contribution in [-0.2, 0) is 14.9 Å². The molecule has 3 fully saturated rings. The highest BCUT2D eigenvalue weighted by atomic mass is 16.5. The van der Waals surface area contributed by atoms with Crippen molar-refractivity contribution in [2.75, 3.05) is 25.5 Å². The summed E-state index contributed by atoms with van der Waals surface area (Å²) >= 11 is 0. The van der Waals surface area contributed by atoms with Crippen molar-refractivity contribution in [1.29, 1.82) is 0 Å². The molecule has 1 N–H and O–H groups in total. The number of nitrogens with one attached hydrogen (secondary N) is 1. The summed E-state index contributed by atoms with van der Waals surface area (Å²) < 4.78 is 6.28. The molecule has 2 bridgehead atoms. The van der Waals surface area contributed by atoms with Crippen LogP contribution in [0.2, 0.25) is 0 Å². The number of rotatable bonds is 1. The van der Waals surface area contributed by atoms with Gasteiger partial charge in [-0.05, 0) is 31.5 Å². The van der Waals surface area contributed by atoms with Crippen LogP contribution in [0.1, 0.15) is 18.4 Å². The third-order valence-electron chi connectivity index (χ3n) is 6.81. The molecule has 5 unspecified atom stereocenters.